The third-order valence-electron chi connectivity index (χ3n) is 3.49. The fourth-order valence-corrected chi connectivity index (χ4v) is 2.22. The molecule has 2 aromatic carbocycles. The maximum atomic E-state index is 13.6. The normalized spacial score (nSPS) is 12.0. The summed E-state index contributed by atoms with van der Waals surface area (Å²) in [6.07, 6.45) is -0.988. The molecule has 0 aliphatic carbocycles. The molecular weight excluding hydrogens is 323 g/mol. The topological polar surface area (TPSA) is 70.6 Å². The summed E-state index contributed by atoms with van der Waals surface area (Å²) in [7, 11) is 0. The lowest BCUT2D eigenvalue weighted by atomic mass is 10.1. The number of anilines is 1. The van der Waals surface area contributed by atoms with E-state index >= 15 is 0 Å². The zero-order chi connectivity index (χ0) is 18.2. The SMILES string of the molecule is CC(C)OCc1cccc(NC(=O)NCC(O)c2ccccc2F)c1. The summed E-state index contributed by atoms with van der Waals surface area (Å²) >= 11 is 0. The Hall–Kier alpha value is -2.44. The molecule has 0 spiro atoms. The molecule has 134 valence electrons. The van der Waals surface area contributed by atoms with Crippen LogP contribution < -0.4 is 10.6 Å². The van der Waals surface area contributed by atoms with E-state index in [0.717, 1.165) is 5.56 Å². The Balaban J connectivity index is 1.86. The molecule has 2 rings (SSSR count). The van der Waals surface area contributed by atoms with Crippen LogP contribution in [0.1, 0.15) is 31.1 Å². The van der Waals surface area contributed by atoms with E-state index in [2.05, 4.69) is 10.6 Å². The van der Waals surface area contributed by atoms with Gasteiger partial charge in [-0.1, -0.05) is 30.3 Å². The molecule has 0 aliphatic rings. The molecule has 0 heterocycles. The molecule has 6 heteroatoms. The Morgan fingerprint density at radius 3 is 2.68 bits per heavy atom. The Morgan fingerprint density at radius 1 is 1.20 bits per heavy atom. The van der Waals surface area contributed by atoms with Crippen molar-refractivity contribution in [3.63, 3.8) is 0 Å². The van der Waals surface area contributed by atoms with Crippen LogP contribution in [0.25, 0.3) is 0 Å². The Kier molecular flexibility index (Phi) is 6.91. The largest absolute Gasteiger partial charge is 0.386 e. The molecular formula is C19H23FN2O3. The van der Waals surface area contributed by atoms with E-state index in [1.807, 2.05) is 32.0 Å². The third kappa shape index (κ3) is 6.17. The van der Waals surface area contributed by atoms with Gasteiger partial charge in [-0.3, -0.25) is 0 Å². The molecule has 0 saturated heterocycles. The van der Waals surface area contributed by atoms with Crippen LogP contribution in [0.5, 0.6) is 0 Å². The number of aliphatic hydroxyl groups excluding tert-OH is 1. The van der Waals surface area contributed by atoms with Crippen molar-refractivity contribution in [2.45, 2.75) is 32.7 Å². The number of ether oxygens (including phenoxy) is 1. The molecule has 3 N–H and O–H groups in total. The first kappa shape index (κ1) is 18.9. The summed E-state index contributed by atoms with van der Waals surface area (Å²) in [6.45, 7) is 4.27. The molecule has 1 unspecified atom stereocenters. The predicted octanol–water partition coefficient (Wildman–Crippen LogP) is 3.61. The van der Waals surface area contributed by atoms with Gasteiger partial charge in [0.1, 0.15) is 5.82 Å². The second kappa shape index (κ2) is 9.15. The van der Waals surface area contributed by atoms with Gasteiger partial charge in [-0.25, -0.2) is 9.18 Å². The molecule has 2 amide bonds. The average molecular weight is 346 g/mol. The molecule has 0 bridgehead atoms. The number of amides is 2. The van der Waals surface area contributed by atoms with Crippen molar-refractivity contribution in [2.24, 2.45) is 0 Å². The number of aliphatic hydroxyl groups is 1. The van der Waals surface area contributed by atoms with Crippen LogP contribution >= 0.6 is 0 Å². The van der Waals surface area contributed by atoms with Gasteiger partial charge >= 0.3 is 6.03 Å². The lowest BCUT2D eigenvalue weighted by Crippen LogP contribution is -2.32. The number of carbonyl (C=O) groups is 1. The van der Waals surface area contributed by atoms with E-state index in [1.165, 1.54) is 12.1 Å². The highest BCUT2D eigenvalue weighted by molar-refractivity contribution is 5.89. The van der Waals surface area contributed by atoms with E-state index in [4.69, 9.17) is 4.74 Å². The van der Waals surface area contributed by atoms with Gasteiger partial charge in [-0.05, 0) is 37.6 Å². The zero-order valence-electron chi connectivity index (χ0n) is 14.3. The van der Waals surface area contributed by atoms with Crippen molar-refractivity contribution < 1.29 is 19.0 Å². The van der Waals surface area contributed by atoms with Gasteiger partial charge in [0.05, 0.1) is 18.8 Å². The number of benzene rings is 2. The van der Waals surface area contributed by atoms with Crippen LogP contribution in [0, 0.1) is 5.82 Å². The van der Waals surface area contributed by atoms with Gasteiger partial charge in [-0.2, -0.15) is 0 Å². The summed E-state index contributed by atoms with van der Waals surface area (Å²) in [5.41, 5.74) is 1.70. The summed E-state index contributed by atoms with van der Waals surface area (Å²) in [5, 5.41) is 15.2. The molecule has 2 aromatic rings. The minimum Gasteiger partial charge on any atom is -0.386 e. The Morgan fingerprint density at radius 2 is 1.96 bits per heavy atom. The molecule has 0 saturated carbocycles. The molecule has 0 aliphatic heterocycles. The number of carbonyl (C=O) groups excluding carboxylic acids is 1. The fourth-order valence-electron chi connectivity index (χ4n) is 2.22. The molecule has 1 atom stereocenters. The average Bonchev–Trinajstić information content (AvgIpc) is 2.58. The van der Waals surface area contributed by atoms with Crippen molar-refractivity contribution in [1.29, 1.82) is 0 Å². The standard InChI is InChI=1S/C19H23FN2O3/c1-13(2)25-12-14-6-5-7-15(10-14)22-19(24)21-11-18(23)16-8-3-4-9-17(16)20/h3-10,13,18,23H,11-12H2,1-2H3,(H2,21,22,24). The molecule has 0 fully saturated rings. The molecule has 0 aromatic heterocycles. The van der Waals surface area contributed by atoms with Crippen LogP contribution in [0.4, 0.5) is 14.9 Å². The number of rotatable bonds is 7. The van der Waals surface area contributed by atoms with Crippen molar-refractivity contribution in [2.75, 3.05) is 11.9 Å². The lowest BCUT2D eigenvalue weighted by molar-refractivity contribution is 0.0657. The smallest absolute Gasteiger partial charge is 0.319 e. The summed E-state index contributed by atoms with van der Waals surface area (Å²) < 4.78 is 19.1. The second-order valence-corrected chi connectivity index (χ2v) is 5.93. The number of hydrogen-bond donors (Lipinski definition) is 3. The minimum absolute atomic E-state index is 0.0943. The number of hydrogen-bond acceptors (Lipinski definition) is 3. The first-order chi connectivity index (χ1) is 12.0. The first-order valence-corrected chi connectivity index (χ1v) is 8.13. The second-order valence-electron chi connectivity index (χ2n) is 5.93. The fraction of sp³-hybridized carbons (Fsp3) is 0.316. The highest BCUT2D eigenvalue weighted by atomic mass is 19.1. The third-order valence-corrected chi connectivity index (χ3v) is 3.49. The van der Waals surface area contributed by atoms with Gasteiger partial charge in [0, 0.05) is 17.8 Å². The van der Waals surface area contributed by atoms with Gasteiger partial charge in [0.25, 0.3) is 0 Å². The summed E-state index contributed by atoms with van der Waals surface area (Å²) in [5.74, 6) is -0.505. The highest BCUT2D eigenvalue weighted by Crippen LogP contribution is 2.16. The quantitative estimate of drug-likeness (QED) is 0.717. The van der Waals surface area contributed by atoms with Crippen molar-refractivity contribution in [1.82, 2.24) is 5.32 Å². The summed E-state index contributed by atoms with van der Waals surface area (Å²) in [6, 6.07) is 12.8. The molecule has 0 radical (unpaired) electrons. The van der Waals surface area contributed by atoms with Crippen LogP contribution in [0.3, 0.4) is 0 Å². The highest BCUT2D eigenvalue weighted by Gasteiger charge is 2.13. The Bertz CT molecular complexity index is 707. The van der Waals surface area contributed by atoms with Crippen molar-refractivity contribution in [3.8, 4) is 0 Å². The van der Waals surface area contributed by atoms with Crippen LogP contribution in [-0.2, 0) is 11.3 Å². The summed E-state index contributed by atoms with van der Waals surface area (Å²) in [4.78, 5) is 12.0. The van der Waals surface area contributed by atoms with Gasteiger partial charge in [0.2, 0.25) is 0 Å². The van der Waals surface area contributed by atoms with E-state index in [9.17, 15) is 14.3 Å². The zero-order valence-corrected chi connectivity index (χ0v) is 14.3. The van der Waals surface area contributed by atoms with Crippen LogP contribution in [0.2, 0.25) is 0 Å². The Labute approximate surface area is 146 Å². The van der Waals surface area contributed by atoms with Crippen molar-refractivity contribution >= 4 is 11.7 Å². The minimum atomic E-state index is -1.11. The number of nitrogens with one attached hydrogen (secondary N) is 2. The monoisotopic (exact) mass is 346 g/mol. The predicted molar refractivity (Wildman–Crippen MR) is 94.7 cm³/mol. The first-order valence-electron chi connectivity index (χ1n) is 8.13. The van der Waals surface area contributed by atoms with Gasteiger partial charge in [-0.15, -0.1) is 0 Å². The van der Waals surface area contributed by atoms with Gasteiger partial charge in [0.15, 0.2) is 0 Å². The van der Waals surface area contributed by atoms with E-state index in [0.29, 0.717) is 12.3 Å². The van der Waals surface area contributed by atoms with Gasteiger partial charge < -0.3 is 20.5 Å². The molecule has 25 heavy (non-hydrogen) atoms. The number of halogens is 1. The number of urea groups is 1. The maximum Gasteiger partial charge on any atom is 0.319 e. The lowest BCUT2D eigenvalue weighted by Gasteiger charge is -2.14. The van der Waals surface area contributed by atoms with E-state index in [-0.39, 0.29) is 18.2 Å². The van der Waals surface area contributed by atoms with Crippen molar-refractivity contribution in [3.05, 3.63) is 65.5 Å². The van der Waals surface area contributed by atoms with E-state index < -0.39 is 18.0 Å². The molecule has 5 nitrogen and oxygen atoms in total. The van der Waals surface area contributed by atoms with Crippen LogP contribution in [0.15, 0.2) is 48.5 Å². The van der Waals surface area contributed by atoms with E-state index in [1.54, 1.807) is 18.2 Å². The van der Waals surface area contributed by atoms with Crippen LogP contribution in [-0.4, -0.2) is 23.8 Å². The maximum absolute atomic E-state index is 13.6.